The number of nitrogens with zero attached hydrogens (tertiary/aromatic N) is 1. The van der Waals surface area contributed by atoms with Crippen molar-refractivity contribution in [1.29, 1.82) is 0 Å². The molecular weight excluding hydrogens is 238 g/mol. The van der Waals surface area contributed by atoms with Crippen molar-refractivity contribution in [2.75, 3.05) is 13.1 Å². The number of likely N-dealkylation sites (tertiary alicyclic amines) is 1. The van der Waals surface area contributed by atoms with Crippen LogP contribution in [-0.4, -0.2) is 29.7 Å². The van der Waals surface area contributed by atoms with E-state index in [2.05, 4.69) is 0 Å². The highest BCUT2D eigenvalue weighted by Gasteiger charge is 2.20. The molecule has 1 aliphatic heterocycles. The summed E-state index contributed by atoms with van der Waals surface area (Å²) in [6.07, 6.45) is 3.90. The van der Waals surface area contributed by atoms with Gasteiger partial charge in [0.05, 0.1) is 0 Å². The maximum absolute atomic E-state index is 12.4. The van der Waals surface area contributed by atoms with Crippen LogP contribution in [0.1, 0.15) is 58.9 Å². The van der Waals surface area contributed by atoms with Gasteiger partial charge >= 0.3 is 0 Å². The largest absolute Gasteiger partial charge is 0.339 e. The first kappa shape index (κ1) is 13.8. The lowest BCUT2D eigenvalue weighted by molar-refractivity contribution is 0.0723. The number of rotatable bonds is 3. The summed E-state index contributed by atoms with van der Waals surface area (Å²) < 4.78 is 0. The van der Waals surface area contributed by atoms with Gasteiger partial charge in [-0.1, -0.05) is 13.0 Å². The van der Waals surface area contributed by atoms with E-state index in [0.717, 1.165) is 37.1 Å². The van der Waals surface area contributed by atoms with Crippen LogP contribution in [0.3, 0.4) is 0 Å². The fourth-order valence-electron chi connectivity index (χ4n) is 2.55. The average molecular weight is 259 g/mol. The molecule has 0 spiro atoms. The molecule has 0 atom stereocenters. The molecule has 0 bridgehead atoms. The molecule has 0 radical (unpaired) electrons. The van der Waals surface area contributed by atoms with Crippen molar-refractivity contribution in [3.8, 4) is 0 Å². The highest BCUT2D eigenvalue weighted by atomic mass is 16.2. The fraction of sp³-hybridized carbons (Fsp3) is 0.500. The molecule has 0 N–H and O–H groups in total. The highest BCUT2D eigenvalue weighted by molar-refractivity contribution is 5.99. The molecule has 1 aromatic rings. The molecule has 0 unspecified atom stereocenters. The van der Waals surface area contributed by atoms with E-state index in [9.17, 15) is 9.59 Å². The molecule has 3 nitrogen and oxygen atoms in total. The number of carbonyl (C=O) groups excluding carboxylic acids is 2. The van der Waals surface area contributed by atoms with Crippen molar-refractivity contribution in [2.45, 2.75) is 39.5 Å². The van der Waals surface area contributed by atoms with Gasteiger partial charge in [0.2, 0.25) is 0 Å². The minimum absolute atomic E-state index is 0.104. The SMILES string of the molecule is CCC(=O)c1ccc(C(=O)N2CCCCC2)c(C)c1. The van der Waals surface area contributed by atoms with Gasteiger partial charge in [-0.3, -0.25) is 9.59 Å². The van der Waals surface area contributed by atoms with E-state index in [1.165, 1.54) is 6.42 Å². The Morgan fingerprint density at radius 1 is 1.16 bits per heavy atom. The van der Waals surface area contributed by atoms with Gasteiger partial charge in [-0.25, -0.2) is 0 Å². The Balaban J connectivity index is 2.20. The predicted molar refractivity (Wildman–Crippen MR) is 75.6 cm³/mol. The summed E-state index contributed by atoms with van der Waals surface area (Å²) in [7, 11) is 0. The Kier molecular flexibility index (Phi) is 4.35. The number of hydrogen-bond donors (Lipinski definition) is 0. The Bertz CT molecular complexity index is 488. The van der Waals surface area contributed by atoms with Crippen LogP contribution in [0.15, 0.2) is 18.2 Å². The number of ketones is 1. The summed E-state index contributed by atoms with van der Waals surface area (Å²) in [5.74, 6) is 0.229. The lowest BCUT2D eigenvalue weighted by atomic mass is 10.00. The van der Waals surface area contributed by atoms with Gasteiger partial charge in [0.1, 0.15) is 0 Å². The lowest BCUT2D eigenvalue weighted by Gasteiger charge is -2.27. The lowest BCUT2D eigenvalue weighted by Crippen LogP contribution is -2.36. The second-order valence-electron chi connectivity index (χ2n) is 5.16. The van der Waals surface area contributed by atoms with Crippen LogP contribution < -0.4 is 0 Å². The van der Waals surface area contributed by atoms with Gasteiger partial charge in [-0.2, -0.15) is 0 Å². The van der Waals surface area contributed by atoms with E-state index < -0.39 is 0 Å². The monoisotopic (exact) mass is 259 g/mol. The van der Waals surface area contributed by atoms with Gasteiger partial charge in [-0.15, -0.1) is 0 Å². The van der Waals surface area contributed by atoms with Crippen molar-refractivity contribution >= 4 is 11.7 Å². The Morgan fingerprint density at radius 2 is 1.84 bits per heavy atom. The van der Waals surface area contributed by atoms with E-state index in [4.69, 9.17) is 0 Å². The minimum atomic E-state index is 0.104. The zero-order valence-corrected chi connectivity index (χ0v) is 11.7. The molecule has 0 aromatic heterocycles. The molecule has 2 rings (SSSR count). The van der Waals surface area contributed by atoms with Crippen LogP contribution in [-0.2, 0) is 0 Å². The molecule has 1 fully saturated rings. The topological polar surface area (TPSA) is 37.4 Å². The smallest absolute Gasteiger partial charge is 0.254 e. The Hall–Kier alpha value is -1.64. The number of benzene rings is 1. The number of piperidine rings is 1. The molecule has 1 aliphatic rings. The van der Waals surface area contributed by atoms with Gasteiger partial charge in [0.15, 0.2) is 5.78 Å². The third-order valence-corrected chi connectivity index (χ3v) is 3.74. The summed E-state index contributed by atoms with van der Waals surface area (Å²) in [5.41, 5.74) is 2.33. The van der Waals surface area contributed by atoms with Crippen molar-refractivity contribution in [1.82, 2.24) is 4.90 Å². The van der Waals surface area contributed by atoms with Crippen LogP contribution in [0.2, 0.25) is 0 Å². The quantitative estimate of drug-likeness (QED) is 0.782. The molecule has 0 aliphatic carbocycles. The number of Topliss-reactive ketones (excluding diaryl/α,β-unsaturated/α-hetero) is 1. The zero-order valence-electron chi connectivity index (χ0n) is 11.7. The first-order valence-corrected chi connectivity index (χ1v) is 7.06. The van der Waals surface area contributed by atoms with E-state index >= 15 is 0 Å². The van der Waals surface area contributed by atoms with Crippen LogP contribution in [0, 0.1) is 6.92 Å². The predicted octanol–water partition coefficient (Wildman–Crippen LogP) is 3.21. The van der Waals surface area contributed by atoms with E-state index in [0.29, 0.717) is 12.0 Å². The molecule has 3 heteroatoms. The maximum Gasteiger partial charge on any atom is 0.254 e. The summed E-state index contributed by atoms with van der Waals surface area (Å²) >= 11 is 0. The average Bonchev–Trinajstić information content (AvgIpc) is 2.46. The zero-order chi connectivity index (χ0) is 13.8. The number of carbonyl (C=O) groups is 2. The van der Waals surface area contributed by atoms with E-state index in [1.54, 1.807) is 12.1 Å². The summed E-state index contributed by atoms with van der Waals surface area (Å²) in [4.78, 5) is 26.0. The van der Waals surface area contributed by atoms with Crippen LogP contribution in [0.5, 0.6) is 0 Å². The Labute approximate surface area is 114 Å². The summed E-state index contributed by atoms with van der Waals surface area (Å²) in [6, 6.07) is 5.41. The maximum atomic E-state index is 12.4. The van der Waals surface area contributed by atoms with Crippen molar-refractivity contribution in [3.05, 3.63) is 34.9 Å². The highest BCUT2D eigenvalue weighted by Crippen LogP contribution is 2.18. The van der Waals surface area contributed by atoms with Crippen LogP contribution in [0.25, 0.3) is 0 Å². The van der Waals surface area contributed by atoms with Gasteiger partial charge in [0, 0.05) is 30.6 Å². The molecule has 1 aromatic carbocycles. The van der Waals surface area contributed by atoms with Crippen LogP contribution in [0.4, 0.5) is 0 Å². The molecule has 1 amide bonds. The molecule has 1 heterocycles. The van der Waals surface area contributed by atoms with Gasteiger partial charge in [-0.05, 0) is 43.9 Å². The molecule has 0 saturated carbocycles. The summed E-state index contributed by atoms with van der Waals surface area (Å²) in [5, 5.41) is 0. The fourth-order valence-corrected chi connectivity index (χ4v) is 2.55. The van der Waals surface area contributed by atoms with E-state index in [-0.39, 0.29) is 11.7 Å². The number of amides is 1. The molecule has 102 valence electrons. The van der Waals surface area contributed by atoms with Crippen molar-refractivity contribution < 1.29 is 9.59 Å². The first-order valence-electron chi connectivity index (χ1n) is 7.06. The van der Waals surface area contributed by atoms with Crippen molar-refractivity contribution in [2.24, 2.45) is 0 Å². The normalized spacial score (nSPS) is 15.4. The number of hydrogen-bond acceptors (Lipinski definition) is 2. The van der Waals surface area contributed by atoms with Gasteiger partial charge < -0.3 is 4.90 Å². The molecule has 1 saturated heterocycles. The Morgan fingerprint density at radius 3 is 2.42 bits per heavy atom. The van der Waals surface area contributed by atoms with E-state index in [1.807, 2.05) is 24.8 Å². The summed E-state index contributed by atoms with van der Waals surface area (Å²) in [6.45, 7) is 5.47. The third kappa shape index (κ3) is 3.03. The standard InChI is InChI=1S/C16H21NO2/c1-3-15(18)13-7-8-14(12(2)11-13)16(19)17-9-5-4-6-10-17/h7-8,11H,3-6,9-10H2,1-2H3. The third-order valence-electron chi connectivity index (χ3n) is 3.74. The second-order valence-corrected chi connectivity index (χ2v) is 5.16. The minimum Gasteiger partial charge on any atom is -0.339 e. The van der Waals surface area contributed by atoms with Crippen LogP contribution >= 0.6 is 0 Å². The first-order chi connectivity index (χ1) is 9.13. The number of aryl methyl sites for hydroxylation is 1. The second kappa shape index (κ2) is 6.00. The molecule has 19 heavy (non-hydrogen) atoms. The van der Waals surface area contributed by atoms with Gasteiger partial charge in [0.25, 0.3) is 5.91 Å². The molecular formula is C16H21NO2. The van der Waals surface area contributed by atoms with Crippen molar-refractivity contribution in [3.63, 3.8) is 0 Å².